The van der Waals surface area contributed by atoms with Gasteiger partial charge in [-0.2, -0.15) is 0 Å². The van der Waals surface area contributed by atoms with Crippen LogP contribution in [0.2, 0.25) is 0 Å². The van der Waals surface area contributed by atoms with E-state index in [0.29, 0.717) is 5.92 Å². The van der Waals surface area contributed by atoms with Crippen molar-refractivity contribution >= 4 is 27.7 Å². The molecule has 2 aromatic rings. The van der Waals surface area contributed by atoms with Gasteiger partial charge in [0.25, 0.3) is 5.91 Å². The van der Waals surface area contributed by atoms with E-state index in [-0.39, 0.29) is 22.9 Å². The molecule has 2 aliphatic rings. The molecule has 0 aliphatic heterocycles. The maximum absolute atomic E-state index is 13.1. The Morgan fingerprint density at radius 1 is 1.06 bits per heavy atom. The Kier molecular flexibility index (Phi) is 6.16. The monoisotopic (exact) mass is 440 g/mol. The fourth-order valence-corrected chi connectivity index (χ4v) is 4.89. The summed E-state index contributed by atoms with van der Waals surface area (Å²) in [6, 6.07) is 14.3. The maximum atomic E-state index is 13.1. The second-order valence-electron chi connectivity index (χ2n) is 8.28. The Bertz CT molecular complexity index is 1050. The summed E-state index contributed by atoms with van der Waals surface area (Å²) in [5.41, 5.74) is 1.61. The predicted octanol–water partition coefficient (Wildman–Crippen LogP) is 3.98. The van der Waals surface area contributed by atoms with E-state index < -0.39 is 10.0 Å². The van der Waals surface area contributed by atoms with Crippen LogP contribution in [0.4, 0.5) is 5.69 Å². The highest BCUT2D eigenvalue weighted by molar-refractivity contribution is 7.89. The van der Waals surface area contributed by atoms with Crippen LogP contribution in [0.25, 0.3) is 6.08 Å². The van der Waals surface area contributed by atoms with Crippen LogP contribution in [-0.2, 0) is 14.8 Å². The third-order valence-electron chi connectivity index (χ3n) is 5.81. The minimum atomic E-state index is -3.47. The van der Waals surface area contributed by atoms with Gasteiger partial charge in [-0.3, -0.25) is 4.79 Å². The third-order valence-corrected chi connectivity index (χ3v) is 7.34. The molecular formula is C24H28N2O4S. The maximum Gasteiger partial charge on any atom is 0.251 e. The van der Waals surface area contributed by atoms with Crippen LogP contribution < -0.4 is 14.4 Å². The smallest absolute Gasteiger partial charge is 0.251 e. The Morgan fingerprint density at radius 2 is 1.71 bits per heavy atom. The first-order valence-electron chi connectivity index (χ1n) is 10.6. The van der Waals surface area contributed by atoms with Gasteiger partial charge in [0.15, 0.2) is 0 Å². The predicted molar refractivity (Wildman–Crippen MR) is 121 cm³/mol. The second kappa shape index (κ2) is 8.85. The van der Waals surface area contributed by atoms with Gasteiger partial charge < -0.3 is 9.64 Å². The molecule has 0 radical (unpaired) electrons. The van der Waals surface area contributed by atoms with Gasteiger partial charge in [-0.15, -0.1) is 0 Å². The zero-order valence-electron chi connectivity index (χ0n) is 17.8. The van der Waals surface area contributed by atoms with Crippen molar-refractivity contribution in [2.75, 3.05) is 12.0 Å². The molecule has 0 spiro atoms. The lowest BCUT2D eigenvalue weighted by Crippen LogP contribution is -2.39. The van der Waals surface area contributed by atoms with Gasteiger partial charge in [-0.05, 0) is 86.6 Å². The number of anilines is 1. The quantitative estimate of drug-likeness (QED) is 0.599. The van der Waals surface area contributed by atoms with Crippen molar-refractivity contribution in [2.45, 2.75) is 49.6 Å². The number of nitrogens with one attached hydrogen (secondary N) is 1. The van der Waals surface area contributed by atoms with Gasteiger partial charge in [0.05, 0.1) is 12.0 Å². The number of carbonyl (C=O) groups excluding carboxylic acids is 1. The Morgan fingerprint density at radius 3 is 2.26 bits per heavy atom. The molecule has 0 bridgehead atoms. The Balaban J connectivity index is 1.49. The van der Waals surface area contributed by atoms with E-state index in [4.69, 9.17) is 4.74 Å². The number of nitrogens with zero attached hydrogens (tertiary/aromatic N) is 1. The van der Waals surface area contributed by atoms with Crippen LogP contribution in [0.15, 0.2) is 59.5 Å². The summed E-state index contributed by atoms with van der Waals surface area (Å²) in [4.78, 5) is 15.2. The van der Waals surface area contributed by atoms with Gasteiger partial charge in [-0.1, -0.05) is 12.1 Å². The first-order chi connectivity index (χ1) is 14.9. The largest absolute Gasteiger partial charge is 0.497 e. The second-order valence-corrected chi connectivity index (χ2v) is 10.00. The van der Waals surface area contributed by atoms with Gasteiger partial charge >= 0.3 is 0 Å². The molecule has 2 aromatic carbocycles. The topological polar surface area (TPSA) is 75.7 Å². The molecule has 0 heterocycles. The third kappa shape index (κ3) is 5.35. The van der Waals surface area contributed by atoms with Crippen molar-refractivity contribution in [3.8, 4) is 5.75 Å². The van der Waals surface area contributed by atoms with Crippen LogP contribution in [0, 0.1) is 5.92 Å². The van der Waals surface area contributed by atoms with E-state index in [1.807, 2.05) is 29.2 Å². The van der Waals surface area contributed by atoms with Gasteiger partial charge in [-0.25, -0.2) is 13.1 Å². The number of amides is 1. The lowest BCUT2D eigenvalue weighted by molar-refractivity contribution is -0.114. The van der Waals surface area contributed by atoms with Crippen molar-refractivity contribution in [1.29, 1.82) is 0 Å². The highest BCUT2D eigenvalue weighted by Crippen LogP contribution is 2.37. The van der Waals surface area contributed by atoms with Crippen LogP contribution in [0.1, 0.15) is 38.2 Å². The number of hydrogen-bond acceptors (Lipinski definition) is 4. The van der Waals surface area contributed by atoms with Crippen molar-refractivity contribution in [3.05, 3.63) is 60.2 Å². The molecule has 164 valence electrons. The molecule has 2 aliphatic carbocycles. The first kappa shape index (κ1) is 21.6. The minimum Gasteiger partial charge on any atom is -0.497 e. The van der Waals surface area contributed by atoms with E-state index in [9.17, 15) is 13.2 Å². The van der Waals surface area contributed by atoms with Gasteiger partial charge in [0, 0.05) is 23.8 Å². The van der Waals surface area contributed by atoms with Crippen LogP contribution in [0.5, 0.6) is 5.75 Å². The standard InChI is InChI=1S/C24H28N2O4S/c1-17(19-6-7-19)26(21-10-12-22(30-2)13-11-21)24(27)16-5-18-3-14-23(15-4-18)31(28,29)25-20-8-9-20/h3-5,10-17,19-20,25H,6-9H2,1-2H3/b16-5+. The molecular weight excluding hydrogens is 412 g/mol. The van der Waals surface area contributed by atoms with E-state index in [0.717, 1.165) is 42.7 Å². The molecule has 6 nitrogen and oxygen atoms in total. The Labute approximate surface area is 184 Å². The molecule has 7 heteroatoms. The number of hydrogen-bond donors (Lipinski definition) is 1. The first-order valence-corrected chi connectivity index (χ1v) is 12.1. The highest BCUT2D eigenvalue weighted by atomic mass is 32.2. The molecule has 4 rings (SSSR count). The summed E-state index contributed by atoms with van der Waals surface area (Å²) in [6.07, 6.45) is 7.34. The number of methoxy groups -OCH3 is 1. The number of rotatable bonds is 9. The molecule has 1 N–H and O–H groups in total. The van der Waals surface area contributed by atoms with E-state index in [1.165, 1.54) is 0 Å². The Hall–Kier alpha value is -2.64. The van der Waals surface area contributed by atoms with Gasteiger partial charge in [0.1, 0.15) is 5.75 Å². The van der Waals surface area contributed by atoms with Crippen LogP contribution in [-0.4, -0.2) is 33.5 Å². The molecule has 0 saturated heterocycles. The molecule has 2 fully saturated rings. The van der Waals surface area contributed by atoms with Crippen molar-refractivity contribution in [3.63, 3.8) is 0 Å². The summed E-state index contributed by atoms with van der Waals surface area (Å²) in [7, 11) is -1.86. The summed E-state index contributed by atoms with van der Waals surface area (Å²) in [5, 5.41) is 0. The fraction of sp³-hybridized carbons (Fsp3) is 0.375. The van der Waals surface area contributed by atoms with Crippen molar-refractivity contribution in [2.24, 2.45) is 5.92 Å². The number of ether oxygens (including phenoxy) is 1. The van der Waals surface area contributed by atoms with Crippen LogP contribution >= 0.6 is 0 Å². The zero-order valence-corrected chi connectivity index (χ0v) is 18.6. The fourth-order valence-electron chi connectivity index (χ4n) is 3.59. The molecule has 1 unspecified atom stereocenters. The number of benzene rings is 2. The summed E-state index contributed by atoms with van der Waals surface area (Å²) in [5.74, 6) is 1.16. The molecule has 1 atom stereocenters. The lowest BCUT2D eigenvalue weighted by atomic mass is 10.1. The van der Waals surface area contributed by atoms with E-state index in [2.05, 4.69) is 11.6 Å². The van der Waals surface area contributed by atoms with Crippen LogP contribution in [0.3, 0.4) is 0 Å². The zero-order chi connectivity index (χ0) is 22.0. The average molecular weight is 441 g/mol. The summed E-state index contributed by atoms with van der Waals surface area (Å²) in [6.45, 7) is 2.08. The summed E-state index contributed by atoms with van der Waals surface area (Å²) >= 11 is 0. The summed E-state index contributed by atoms with van der Waals surface area (Å²) < 4.78 is 32.5. The minimum absolute atomic E-state index is 0.0691. The SMILES string of the molecule is COc1ccc(N(C(=O)/C=C/c2ccc(S(=O)(=O)NC3CC3)cc2)C(C)C2CC2)cc1. The molecule has 31 heavy (non-hydrogen) atoms. The number of carbonyl (C=O) groups is 1. The lowest BCUT2D eigenvalue weighted by Gasteiger charge is -2.28. The van der Waals surface area contributed by atoms with E-state index >= 15 is 0 Å². The molecule has 2 saturated carbocycles. The van der Waals surface area contributed by atoms with E-state index in [1.54, 1.807) is 43.5 Å². The molecule has 0 aromatic heterocycles. The average Bonchev–Trinajstić information content (AvgIpc) is 3.68. The highest BCUT2D eigenvalue weighted by Gasteiger charge is 2.34. The molecule has 1 amide bonds. The number of sulfonamides is 1. The van der Waals surface area contributed by atoms with Crippen molar-refractivity contribution in [1.82, 2.24) is 4.72 Å². The van der Waals surface area contributed by atoms with Crippen molar-refractivity contribution < 1.29 is 17.9 Å². The normalized spacial score (nSPS) is 17.5. The van der Waals surface area contributed by atoms with Gasteiger partial charge in [0.2, 0.25) is 10.0 Å².